The maximum atomic E-state index is 12.7. The van der Waals surface area contributed by atoms with Crippen molar-refractivity contribution in [3.63, 3.8) is 0 Å². The molecule has 0 saturated heterocycles. The Morgan fingerprint density at radius 3 is 2.73 bits per heavy atom. The highest BCUT2D eigenvalue weighted by molar-refractivity contribution is 7.89. The number of sulfonamides is 1. The van der Waals surface area contributed by atoms with Crippen LogP contribution in [0, 0.1) is 5.92 Å². The van der Waals surface area contributed by atoms with Crippen LogP contribution in [0.15, 0.2) is 23.1 Å². The van der Waals surface area contributed by atoms with Crippen molar-refractivity contribution in [1.82, 2.24) is 4.31 Å². The summed E-state index contributed by atoms with van der Waals surface area (Å²) in [5.41, 5.74) is 0.409. The molecule has 7 heteroatoms. The molecule has 6 nitrogen and oxygen atoms in total. The van der Waals surface area contributed by atoms with Crippen molar-refractivity contribution in [1.29, 1.82) is 0 Å². The predicted octanol–water partition coefficient (Wildman–Crippen LogP) is 1.83. The zero-order valence-corrected chi connectivity index (χ0v) is 13.5. The molecular weight excluding hydrogens is 304 g/mol. The van der Waals surface area contributed by atoms with Crippen LogP contribution in [0.1, 0.15) is 26.7 Å². The Hall–Kier alpha value is -1.60. The number of nitrogens with zero attached hydrogens (tertiary/aromatic N) is 1. The molecule has 1 amide bonds. The fourth-order valence-corrected chi connectivity index (χ4v) is 4.03. The Bertz CT molecular complexity index is 697. The van der Waals surface area contributed by atoms with E-state index in [0.717, 1.165) is 12.8 Å². The summed E-state index contributed by atoms with van der Waals surface area (Å²) in [5, 5.41) is 2.69. The summed E-state index contributed by atoms with van der Waals surface area (Å²) in [4.78, 5) is 11.9. The third-order valence-electron chi connectivity index (χ3n) is 4.03. The summed E-state index contributed by atoms with van der Waals surface area (Å²) < 4.78 is 32.4. The van der Waals surface area contributed by atoms with Crippen LogP contribution in [-0.4, -0.2) is 37.8 Å². The quantitative estimate of drug-likeness (QED) is 0.896. The number of nitrogens with one attached hydrogen (secondary N) is 1. The van der Waals surface area contributed by atoms with Crippen molar-refractivity contribution in [3.8, 4) is 5.75 Å². The van der Waals surface area contributed by atoms with E-state index in [1.807, 2.05) is 6.92 Å². The smallest absolute Gasteiger partial charge is 0.265 e. The van der Waals surface area contributed by atoms with Crippen LogP contribution in [0.4, 0.5) is 5.69 Å². The van der Waals surface area contributed by atoms with Gasteiger partial charge >= 0.3 is 0 Å². The molecule has 3 rings (SSSR count). The molecule has 1 saturated carbocycles. The lowest BCUT2D eigenvalue weighted by atomic mass is 10.2. The summed E-state index contributed by atoms with van der Waals surface area (Å²) in [7, 11) is -3.54. The molecule has 0 bridgehead atoms. The number of hydrogen-bond acceptors (Lipinski definition) is 4. The molecule has 0 aromatic heterocycles. The SMILES string of the molecule is CCN(CC1CC1)S(=O)(=O)c1ccc2c(c1)NC(=O)[C@H](C)O2. The topological polar surface area (TPSA) is 75.7 Å². The van der Waals surface area contributed by atoms with Gasteiger partial charge in [0.05, 0.1) is 10.6 Å². The maximum absolute atomic E-state index is 12.7. The lowest BCUT2D eigenvalue weighted by Crippen LogP contribution is -2.35. The number of rotatable bonds is 5. The molecule has 1 fully saturated rings. The van der Waals surface area contributed by atoms with Gasteiger partial charge in [0.2, 0.25) is 10.0 Å². The number of carbonyl (C=O) groups is 1. The highest BCUT2D eigenvalue weighted by Gasteiger charge is 2.32. The molecule has 1 aromatic carbocycles. The average molecular weight is 324 g/mol. The second-order valence-electron chi connectivity index (χ2n) is 5.81. The van der Waals surface area contributed by atoms with Crippen molar-refractivity contribution in [2.45, 2.75) is 37.7 Å². The van der Waals surface area contributed by atoms with Crippen LogP contribution < -0.4 is 10.1 Å². The largest absolute Gasteiger partial charge is 0.479 e. The number of carbonyl (C=O) groups excluding carboxylic acids is 1. The first-order chi connectivity index (χ1) is 10.4. The van der Waals surface area contributed by atoms with E-state index in [4.69, 9.17) is 4.74 Å². The van der Waals surface area contributed by atoms with Gasteiger partial charge in [0.1, 0.15) is 5.75 Å². The predicted molar refractivity (Wildman–Crippen MR) is 82.3 cm³/mol. The molecule has 1 aliphatic heterocycles. The summed E-state index contributed by atoms with van der Waals surface area (Å²) in [6.07, 6.45) is 1.62. The maximum Gasteiger partial charge on any atom is 0.265 e. The first-order valence-electron chi connectivity index (χ1n) is 7.53. The van der Waals surface area contributed by atoms with Crippen molar-refractivity contribution in [2.24, 2.45) is 5.92 Å². The van der Waals surface area contributed by atoms with Crippen molar-refractivity contribution in [3.05, 3.63) is 18.2 Å². The Balaban J connectivity index is 1.90. The summed E-state index contributed by atoms with van der Waals surface area (Å²) >= 11 is 0. The fraction of sp³-hybridized carbons (Fsp3) is 0.533. The Morgan fingerprint density at radius 2 is 2.09 bits per heavy atom. The highest BCUT2D eigenvalue weighted by atomic mass is 32.2. The van der Waals surface area contributed by atoms with Gasteiger partial charge in [-0.05, 0) is 43.9 Å². The minimum absolute atomic E-state index is 0.187. The lowest BCUT2D eigenvalue weighted by molar-refractivity contribution is -0.122. The minimum atomic E-state index is -3.54. The summed E-state index contributed by atoms with van der Waals surface area (Å²) in [6.45, 7) is 4.49. The zero-order valence-electron chi connectivity index (χ0n) is 12.7. The molecule has 2 aliphatic rings. The molecule has 1 N–H and O–H groups in total. The number of hydrogen-bond donors (Lipinski definition) is 1. The van der Waals surface area contributed by atoms with E-state index in [2.05, 4.69) is 5.32 Å². The van der Waals surface area contributed by atoms with Crippen LogP contribution in [0.2, 0.25) is 0 Å². The van der Waals surface area contributed by atoms with Gasteiger partial charge in [-0.15, -0.1) is 0 Å². The van der Waals surface area contributed by atoms with Crippen LogP contribution in [0.3, 0.4) is 0 Å². The standard InChI is InChI=1S/C15H20N2O4S/c1-3-17(9-11-4-5-11)22(19,20)12-6-7-14-13(8-12)16-15(18)10(2)21-14/h6-8,10-11H,3-5,9H2,1-2H3,(H,16,18)/t10-/m0/s1. The molecule has 1 aliphatic carbocycles. The van der Waals surface area contributed by atoms with Crippen LogP contribution >= 0.6 is 0 Å². The van der Waals surface area contributed by atoms with Crippen molar-refractivity contribution < 1.29 is 17.9 Å². The van der Waals surface area contributed by atoms with Crippen molar-refractivity contribution >= 4 is 21.6 Å². The molecule has 0 radical (unpaired) electrons. The van der Waals surface area contributed by atoms with E-state index in [-0.39, 0.29) is 10.8 Å². The number of benzene rings is 1. The molecular formula is C15H20N2O4S. The Kier molecular flexibility index (Phi) is 3.86. The van der Waals surface area contributed by atoms with Gasteiger partial charge in [-0.2, -0.15) is 4.31 Å². The molecule has 0 spiro atoms. The normalized spacial score (nSPS) is 21.2. The van der Waals surface area contributed by atoms with Gasteiger partial charge < -0.3 is 10.1 Å². The summed E-state index contributed by atoms with van der Waals surface area (Å²) in [5.74, 6) is 0.708. The molecule has 0 unspecified atom stereocenters. The van der Waals surface area contributed by atoms with Gasteiger partial charge in [-0.25, -0.2) is 8.42 Å². The van der Waals surface area contributed by atoms with Gasteiger partial charge in [0.15, 0.2) is 6.10 Å². The Labute approximate surface area is 130 Å². The van der Waals surface area contributed by atoms with Gasteiger partial charge in [-0.1, -0.05) is 6.92 Å². The molecule has 1 heterocycles. The second kappa shape index (κ2) is 5.55. The number of ether oxygens (including phenoxy) is 1. The molecule has 1 atom stereocenters. The third-order valence-corrected chi connectivity index (χ3v) is 5.97. The molecule has 1 aromatic rings. The average Bonchev–Trinajstić information content (AvgIpc) is 3.29. The van der Waals surface area contributed by atoms with E-state index in [1.54, 1.807) is 13.0 Å². The van der Waals surface area contributed by atoms with E-state index in [0.29, 0.717) is 30.4 Å². The Morgan fingerprint density at radius 1 is 1.36 bits per heavy atom. The third kappa shape index (κ3) is 2.83. The van der Waals surface area contributed by atoms with E-state index < -0.39 is 16.1 Å². The van der Waals surface area contributed by atoms with Crippen molar-refractivity contribution in [2.75, 3.05) is 18.4 Å². The summed E-state index contributed by atoms with van der Waals surface area (Å²) in [6, 6.07) is 4.61. The number of amides is 1. The first-order valence-corrected chi connectivity index (χ1v) is 8.97. The van der Waals surface area contributed by atoms with Gasteiger partial charge in [0.25, 0.3) is 5.91 Å². The monoisotopic (exact) mass is 324 g/mol. The highest BCUT2D eigenvalue weighted by Crippen LogP contribution is 2.34. The first kappa shape index (κ1) is 15.3. The molecule has 120 valence electrons. The molecule has 22 heavy (non-hydrogen) atoms. The number of fused-ring (bicyclic) bond motifs is 1. The van der Waals surface area contributed by atoms with Gasteiger partial charge in [-0.3, -0.25) is 4.79 Å². The van der Waals surface area contributed by atoms with Crippen LogP contribution in [0.25, 0.3) is 0 Å². The lowest BCUT2D eigenvalue weighted by Gasteiger charge is -2.25. The van der Waals surface area contributed by atoms with Crippen LogP contribution in [-0.2, 0) is 14.8 Å². The zero-order chi connectivity index (χ0) is 15.9. The number of anilines is 1. The van der Waals surface area contributed by atoms with E-state index in [9.17, 15) is 13.2 Å². The van der Waals surface area contributed by atoms with E-state index in [1.165, 1.54) is 16.4 Å². The van der Waals surface area contributed by atoms with Crippen LogP contribution in [0.5, 0.6) is 5.75 Å². The minimum Gasteiger partial charge on any atom is -0.479 e. The fourth-order valence-electron chi connectivity index (χ4n) is 2.48. The second-order valence-corrected chi connectivity index (χ2v) is 7.74. The van der Waals surface area contributed by atoms with E-state index >= 15 is 0 Å². The van der Waals surface area contributed by atoms with Gasteiger partial charge in [0, 0.05) is 13.1 Å².